The third-order valence-electron chi connectivity index (χ3n) is 4.81. The molecule has 0 saturated heterocycles. The average molecular weight is 509 g/mol. The lowest BCUT2D eigenvalue weighted by molar-refractivity contribution is -0.114. The van der Waals surface area contributed by atoms with Crippen LogP contribution in [0.2, 0.25) is 10.0 Å². The van der Waals surface area contributed by atoms with Crippen LogP contribution in [0.3, 0.4) is 0 Å². The first kappa shape index (κ1) is 24.7. The first-order valence-electron chi connectivity index (χ1n) is 9.72. The molecule has 1 N–H and O–H groups in total. The van der Waals surface area contributed by atoms with Gasteiger partial charge in [0.05, 0.1) is 24.8 Å². The summed E-state index contributed by atoms with van der Waals surface area (Å²) in [6.07, 6.45) is 0. The highest BCUT2D eigenvalue weighted by atomic mass is 35.5. The molecule has 0 unspecified atom stereocenters. The summed E-state index contributed by atoms with van der Waals surface area (Å²) in [4.78, 5) is 12.8. The first-order valence-corrected chi connectivity index (χ1v) is 11.9. The summed E-state index contributed by atoms with van der Waals surface area (Å²) in [5.74, 6) is 0.0979. The molecule has 0 aliphatic carbocycles. The Morgan fingerprint density at radius 3 is 2.15 bits per heavy atom. The Labute approximate surface area is 202 Å². The molecule has 3 aromatic rings. The van der Waals surface area contributed by atoms with Crippen molar-refractivity contribution in [2.24, 2.45) is 0 Å². The van der Waals surface area contributed by atoms with Crippen molar-refractivity contribution in [1.82, 2.24) is 0 Å². The van der Waals surface area contributed by atoms with E-state index in [0.717, 1.165) is 9.87 Å². The second-order valence-electron chi connectivity index (χ2n) is 7.01. The third kappa shape index (κ3) is 5.71. The molecule has 10 heteroatoms. The van der Waals surface area contributed by atoms with Gasteiger partial charge in [0, 0.05) is 21.8 Å². The number of carbonyl (C=O) groups excluding carboxylic acids is 1. The maximum absolute atomic E-state index is 13.6. The Morgan fingerprint density at radius 1 is 0.909 bits per heavy atom. The second kappa shape index (κ2) is 10.3. The van der Waals surface area contributed by atoms with Gasteiger partial charge in [-0.2, -0.15) is 0 Å². The normalized spacial score (nSPS) is 11.1. The van der Waals surface area contributed by atoms with Crippen LogP contribution in [-0.2, 0) is 14.8 Å². The number of benzene rings is 3. The van der Waals surface area contributed by atoms with Crippen LogP contribution >= 0.6 is 23.2 Å². The van der Waals surface area contributed by atoms with Gasteiger partial charge in [-0.15, -0.1) is 0 Å². The number of halogens is 2. The van der Waals surface area contributed by atoms with E-state index in [0.29, 0.717) is 21.5 Å². The number of aryl methyl sites for hydroxylation is 1. The van der Waals surface area contributed by atoms with E-state index in [9.17, 15) is 13.2 Å². The van der Waals surface area contributed by atoms with Gasteiger partial charge >= 0.3 is 0 Å². The largest absolute Gasteiger partial charge is 0.493 e. The summed E-state index contributed by atoms with van der Waals surface area (Å²) < 4.78 is 38.6. The number of nitrogens with one attached hydrogen (secondary N) is 1. The highest BCUT2D eigenvalue weighted by molar-refractivity contribution is 7.92. The van der Waals surface area contributed by atoms with Gasteiger partial charge in [0.25, 0.3) is 10.0 Å². The van der Waals surface area contributed by atoms with Crippen LogP contribution < -0.4 is 19.1 Å². The zero-order valence-corrected chi connectivity index (χ0v) is 20.5. The van der Waals surface area contributed by atoms with Crippen LogP contribution in [0.15, 0.2) is 65.6 Å². The average Bonchev–Trinajstić information content (AvgIpc) is 2.79. The topological polar surface area (TPSA) is 84.9 Å². The van der Waals surface area contributed by atoms with E-state index in [1.165, 1.54) is 44.6 Å². The number of hydrogen-bond donors (Lipinski definition) is 1. The monoisotopic (exact) mass is 508 g/mol. The summed E-state index contributed by atoms with van der Waals surface area (Å²) in [7, 11) is -1.29. The number of carbonyl (C=O) groups is 1. The minimum Gasteiger partial charge on any atom is -0.493 e. The Kier molecular flexibility index (Phi) is 7.73. The molecule has 33 heavy (non-hydrogen) atoms. The van der Waals surface area contributed by atoms with Gasteiger partial charge < -0.3 is 14.8 Å². The number of anilines is 2. The summed E-state index contributed by atoms with van der Waals surface area (Å²) in [5, 5.41) is 3.70. The van der Waals surface area contributed by atoms with E-state index in [2.05, 4.69) is 5.32 Å². The summed E-state index contributed by atoms with van der Waals surface area (Å²) in [6.45, 7) is 1.32. The molecule has 0 heterocycles. The lowest BCUT2D eigenvalue weighted by Gasteiger charge is -2.24. The van der Waals surface area contributed by atoms with Crippen LogP contribution in [0.1, 0.15) is 5.56 Å². The van der Waals surface area contributed by atoms with Crippen LogP contribution in [0.5, 0.6) is 11.5 Å². The molecule has 1 amide bonds. The van der Waals surface area contributed by atoms with Crippen molar-refractivity contribution in [3.8, 4) is 11.5 Å². The van der Waals surface area contributed by atoms with Gasteiger partial charge in [-0.3, -0.25) is 9.10 Å². The number of hydrogen-bond acceptors (Lipinski definition) is 5. The number of rotatable bonds is 8. The molecule has 174 valence electrons. The molecule has 0 aliphatic rings. The van der Waals surface area contributed by atoms with Crippen LogP contribution in [0.4, 0.5) is 11.4 Å². The molecule has 0 aromatic heterocycles. The van der Waals surface area contributed by atoms with Crippen LogP contribution in [0, 0.1) is 6.92 Å². The minimum absolute atomic E-state index is 0.0643. The van der Waals surface area contributed by atoms with Gasteiger partial charge in [-0.25, -0.2) is 8.42 Å². The van der Waals surface area contributed by atoms with Gasteiger partial charge in [-0.05, 0) is 67.1 Å². The highest BCUT2D eigenvalue weighted by Crippen LogP contribution is 2.32. The molecule has 0 radical (unpaired) electrons. The molecule has 0 bridgehead atoms. The van der Waals surface area contributed by atoms with Gasteiger partial charge in [0.15, 0.2) is 11.5 Å². The Bertz CT molecular complexity index is 1260. The van der Waals surface area contributed by atoms with E-state index in [4.69, 9.17) is 32.7 Å². The SMILES string of the molecule is COc1ccc(S(=O)(=O)N(CC(=O)Nc2ccc(Cl)cc2C)c2ccc(Cl)cc2)cc1OC. The van der Waals surface area contributed by atoms with E-state index >= 15 is 0 Å². The number of amides is 1. The molecule has 7 nitrogen and oxygen atoms in total. The van der Waals surface area contributed by atoms with Crippen molar-refractivity contribution >= 4 is 50.5 Å². The van der Waals surface area contributed by atoms with Crippen molar-refractivity contribution < 1.29 is 22.7 Å². The smallest absolute Gasteiger partial charge is 0.264 e. The van der Waals surface area contributed by atoms with E-state index in [1.54, 1.807) is 37.3 Å². The molecule has 0 saturated carbocycles. The molecular weight excluding hydrogens is 487 g/mol. The number of nitrogens with zero attached hydrogens (tertiary/aromatic N) is 1. The standard InChI is InChI=1S/C23H22Cl2N2O5S/c1-15-12-17(25)6-10-20(15)26-23(28)14-27(18-7-4-16(24)5-8-18)33(29,30)19-9-11-21(31-2)22(13-19)32-3/h4-13H,14H2,1-3H3,(H,26,28). The number of methoxy groups -OCH3 is 2. The van der Waals surface area contributed by atoms with Crippen molar-refractivity contribution in [2.45, 2.75) is 11.8 Å². The fraction of sp³-hybridized carbons (Fsp3) is 0.174. The van der Waals surface area contributed by atoms with Gasteiger partial charge in [0.2, 0.25) is 5.91 Å². The van der Waals surface area contributed by atoms with E-state index < -0.39 is 22.5 Å². The first-order chi connectivity index (χ1) is 15.6. The lowest BCUT2D eigenvalue weighted by Crippen LogP contribution is -2.38. The van der Waals surface area contributed by atoms with E-state index in [-0.39, 0.29) is 16.3 Å². The molecular formula is C23H22Cl2N2O5S. The fourth-order valence-corrected chi connectivity index (χ4v) is 4.90. The predicted molar refractivity (Wildman–Crippen MR) is 130 cm³/mol. The van der Waals surface area contributed by atoms with Crippen molar-refractivity contribution in [3.63, 3.8) is 0 Å². The summed E-state index contributed by atoms with van der Waals surface area (Å²) in [5.41, 5.74) is 1.55. The predicted octanol–water partition coefficient (Wildman–Crippen LogP) is 5.15. The van der Waals surface area contributed by atoms with Crippen molar-refractivity contribution in [3.05, 3.63) is 76.3 Å². The molecule has 0 atom stereocenters. The lowest BCUT2D eigenvalue weighted by atomic mass is 10.2. The van der Waals surface area contributed by atoms with Crippen LogP contribution in [0.25, 0.3) is 0 Å². The molecule has 3 rings (SSSR count). The highest BCUT2D eigenvalue weighted by Gasteiger charge is 2.28. The molecule has 3 aromatic carbocycles. The molecule has 0 fully saturated rings. The van der Waals surface area contributed by atoms with Gasteiger partial charge in [-0.1, -0.05) is 23.2 Å². The van der Waals surface area contributed by atoms with Crippen molar-refractivity contribution in [1.29, 1.82) is 0 Å². The summed E-state index contributed by atoms with van der Waals surface area (Å²) in [6, 6.07) is 15.4. The number of sulfonamides is 1. The Morgan fingerprint density at radius 2 is 1.55 bits per heavy atom. The van der Waals surface area contributed by atoms with Crippen LogP contribution in [-0.4, -0.2) is 35.1 Å². The maximum atomic E-state index is 13.6. The van der Waals surface area contributed by atoms with E-state index in [1.807, 2.05) is 0 Å². The van der Waals surface area contributed by atoms with Crippen molar-refractivity contribution in [2.75, 3.05) is 30.4 Å². The maximum Gasteiger partial charge on any atom is 0.264 e. The van der Waals surface area contributed by atoms with Gasteiger partial charge in [0.1, 0.15) is 6.54 Å². The Hall–Kier alpha value is -2.94. The second-order valence-corrected chi connectivity index (χ2v) is 9.75. The minimum atomic E-state index is -4.16. The molecule has 0 aliphatic heterocycles. The number of ether oxygens (including phenoxy) is 2. The zero-order valence-electron chi connectivity index (χ0n) is 18.1. The summed E-state index contributed by atoms with van der Waals surface area (Å²) >= 11 is 11.9. The zero-order chi connectivity index (χ0) is 24.2. The molecule has 0 spiro atoms. The third-order valence-corrected chi connectivity index (χ3v) is 7.06. The Balaban J connectivity index is 1.99. The quantitative estimate of drug-likeness (QED) is 0.454. The fourth-order valence-electron chi connectivity index (χ4n) is 3.11.